The Morgan fingerprint density at radius 3 is 2.93 bits per heavy atom. The zero-order chi connectivity index (χ0) is 9.97. The summed E-state index contributed by atoms with van der Waals surface area (Å²) in [7, 11) is 0. The van der Waals surface area contributed by atoms with E-state index in [9.17, 15) is 4.79 Å². The van der Waals surface area contributed by atoms with E-state index < -0.39 is 5.97 Å². The minimum Gasteiger partial charge on any atom is -0.481 e. The highest BCUT2D eigenvalue weighted by Gasteiger charge is 2.35. The summed E-state index contributed by atoms with van der Waals surface area (Å²) in [5.41, 5.74) is 0. The van der Waals surface area contributed by atoms with Crippen LogP contribution in [0.15, 0.2) is 0 Å². The van der Waals surface area contributed by atoms with E-state index in [-0.39, 0.29) is 24.9 Å². The van der Waals surface area contributed by atoms with E-state index in [1.165, 1.54) is 0 Å². The fourth-order valence-electron chi connectivity index (χ4n) is 1.78. The van der Waals surface area contributed by atoms with Gasteiger partial charge in [-0.2, -0.15) is 0 Å². The Morgan fingerprint density at radius 1 is 1.43 bits per heavy atom. The Morgan fingerprint density at radius 2 is 2.29 bits per heavy atom. The molecule has 0 aromatic rings. The first kappa shape index (κ1) is 9.89. The molecule has 2 rings (SSSR count). The Bertz CT molecular complexity index is 211. The summed E-state index contributed by atoms with van der Waals surface area (Å²) in [5, 5.41) is 8.56. The molecule has 2 saturated heterocycles. The van der Waals surface area contributed by atoms with Gasteiger partial charge in [-0.1, -0.05) is 0 Å². The van der Waals surface area contributed by atoms with Gasteiger partial charge in [0, 0.05) is 6.61 Å². The topological polar surface area (TPSA) is 65.0 Å². The van der Waals surface area contributed by atoms with Crippen LogP contribution >= 0.6 is 0 Å². The monoisotopic (exact) mass is 202 g/mol. The van der Waals surface area contributed by atoms with Crippen molar-refractivity contribution >= 4 is 5.97 Å². The first-order valence-corrected chi connectivity index (χ1v) is 4.86. The third-order valence-corrected chi connectivity index (χ3v) is 2.44. The van der Waals surface area contributed by atoms with Crippen LogP contribution in [0.1, 0.15) is 19.3 Å². The average Bonchev–Trinajstić information content (AvgIpc) is 2.69. The van der Waals surface area contributed by atoms with Gasteiger partial charge >= 0.3 is 5.97 Å². The number of aliphatic carboxylic acids is 1. The van der Waals surface area contributed by atoms with Crippen molar-refractivity contribution < 1.29 is 24.1 Å². The lowest BCUT2D eigenvalue weighted by molar-refractivity contribution is -0.147. The van der Waals surface area contributed by atoms with E-state index in [1.54, 1.807) is 0 Å². The van der Waals surface area contributed by atoms with Crippen LogP contribution in [0.5, 0.6) is 0 Å². The van der Waals surface area contributed by atoms with Crippen molar-refractivity contribution in [1.29, 1.82) is 0 Å². The summed E-state index contributed by atoms with van der Waals surface area (Å²) < 4.78 is 16.2. The van der Waals surface area contributed by atoms with Crippen LogP contribution in [0.25, 0.3) is 0 Å². The molecule has 0 radical (unpaired) electrons. The van der Waals surface area contributed by atoms with Gasteiger partial charge in [-0.3, -0.25) is 4.79 Å². The van der Waals surface area contributed by atoms with Gasteiger partial charge in [-0.15, -0.1) is 0 Å². The lowest BCUT2D eigenvalue weighted by atomic mass is 10.2. The number of carboxylic acids is 1. The van der Waals surface area contributed by atoms with Crippen LogP contribution in [-0.4, -0.2) is 42.8 Å². The van der Waals surface area contributed by atoms with Gasteiger partial charge in [-0.25, -0.2) is 0 Å². The van der Waals surface area contributed by atoms with E-state index in [0.29, 0.717) is 6.61 Å². The minimum atomic E-state index is -0.855. The molecule has 0 bridgehead atoms. The van der Waals surface area contributed by atoms with Crippen LogP contribution in [-0.2, 0) is 19.0 Å². The number of hydrogen-bond acceptors (Lipinski definition) is 4. The third kappa shape index (κ3) is 2.23. The second kappa shape index (κ2) is 4.25. The van der Waals surface area contributed by atoms with Gasteiger partial charge in [0.25, 0.3) is 0 Å². The van der Waals surface area contributed by atoms with Crippen molar-refractivity contribution in [2.45, 2.75) is 37.8 Å². The first-order valence-electron chi connectivity index (χ1n) is 4.86. The predicted octanol–water partition coefficient (Wildman–Crippen LogP) is 0.382. The third-order valence-electron chi connectivity index (χ3n) is 2.44. The summed E-state index contributed by atoms with van der Waals surface area (Å²) in [4.78, 5) is 10.4. The Hall–Kier alpha value is -0.650. The maximum atomic E-state index is 10.4. The minimum absolute atomic E-state index is 0.00319. The van der Waals surface area contributed by atoms with Crippen molar-refractivity contribution in [2.75, 3.05) is 13.2 Å². The Balaban J connectivity index is 1.78. The molecule has 0 aromatic heterocycles. The quantitative estimate of drug-likeness (QED) is 0.716. The molecular weight excluding hydrogens is 188 g/mol. The van der Waals surface area contributed by atoms with Crippen molar-refractivity contribution in [3.63, 3.8) is 0 Å². The van der Waals surface area contributed by atoms with Crippen LogP contribution in [0.4, 0.5) is 0 Å². The predicted molar refractivity (Wildman–Crippen MR) is 45.8 cm³/mol. The maximum absolute atomic E-state index is 10.4. The molecule has 5 nitrogen and oxygen atoms in total. The van der Waals surface area contributed by atoms with Crippen molar-refractivity contribution in [3.8, 4) is 0 Å². The van der Waals surface area contributed by atoms with Crippen LogP contribution < -0.4 is 0 Å². The number of ether oxygens (including phenoxy) is 3. The highest BCUT2D eigenvalue weighted by atomic mass is 16.7. The molecule has 14 heavy (non-hydrogen) atoms. The van der Waals surface area contributed by atoms with Gasteiger partial charge in [0.1, 0.15) is 6.10 Å². The van der Waals surface area contributed by atoms with E-state index >= 15 is 0 Å². The molecule has 2 fully saturated rings. The highest BCUT2D eigenvalue weighted by Crippen LogP contribution is 2.24. The lowest BCUT2D eigenvalue weighted by Gasteiger charge is -2.16. The smallest absolute Gasteiger partial charge is 0.306 e. The van der Waals surface area contributed by atoms with Crippen LogP contribution in [0.2, 0.25) is 0 Å². The van der Waals surface area contributed by atoms with Gasteiger partial charge in [0.15, 0.2) is 6.29 Å². The molecule has 0 spiro atoms. The molecule has 80 valence electrons. The molecule has 3 atom stereocenters. The van der Waals surface area contributed by atoms with Crippen molar-refractivity contribution in [3.05, 3.63) is 0 Å². The van der Waals surface area contributed by atoms with E-state index in [1.807, 2.05) is 0 Å². The van der Waals surface area contributed by atoms with Crippen molar-refractivity contribution in [2.24, 2.45) is 0 Å². The summed E-state index contributed by atoms with van der Waals surface area (Å²) in [6.07, 6.45) is 1.28. The molecule has 2 aliphatic rings. The molecule has 2 aliphatic heterocycles. The maximum Gasteiger partial charge on any atom is 0.306 e. The molecule has 0 aliphatic carbocycles. The highest BCUT2D eigenvalue weighted by molar-refractivity contribution is 5.67. The van der Waals surface area contributed by atoms with Gasteiger partial charge in [0.2, 0.25) is 0 Å². The van der Waals surface area contributed by atoms with Crippen molar-refractivity contribution in [1.82, 2.24) is 0 Å². The molecule has 2 heterocycles. The average molecular weight is 202 g/mol. The summed E-state index contributed by atoms with van der Waals surface area (Å²) in [6.45, 7) is 1.11. The van der Waals surface area contributed by atoms with Gasteiger partial charge < -0.3 is 19.3 Å². The number of carboxylic acid groups (broad SMARTS) is 1. The van der Waals surface area contributed by atoms with E-state index in [4.69, 9.17) is 19.3 Å². The summed E-state index contributed by atoms with van der Waals surface area (Å²) in [5.74, 6) is -0.855. The van der Waals surface area contributed by atoms with E-state index in [0.717, 1.165) is 19.4 Å². The molecular formula is C9H14O5. The SMILES string of the molecule is O=C(O)CC1COC(C2CCCO2)O1. The normalized spacial score (nSPS) is 37.6. The summed E-state index contributed by atoms with van der Waals surface area (Å²) in [6, 6.07) is 0. The number of rotatable bonds is 3. The molecule has 1 N–H and O–H groups in total. The fourth-order valence-corrected chi connectivity index (χ4v) is 1.78. The summed E-state index contributed by atoms with van der Waals surface area (Å²) >= 11 is 0. The van der Waals surface area contributed by atoms with E-state index in [2.05, 4.69) is 0 Å². The zero-order valence-corrected chi connectivity index (χ0v) is 7.85. The molecule has 3 unspecified atom stereocenters. The van der Waals surface area contributed by atoms with Gasteiger partial charge in [-0.05, 0) is 12.8 Å². The Labute approximate surface area is 81.9 Å². The second-order valence-electron chi connectivity index (χ2n) is 3.61. The molecule has 5 heteroatoms. The molecule has 0 aromatic carbocycles. The molecule has 0 saturated carbocycles. The van der Waals surface area contributed by atoms with Crippen LogP contribution in [0.3, 0.4) is 0 Å². The second-order valence-corrected chi connectivity index (χ2v) is 3.61. The number of hydrogen-bond donors (Lipinski definition) is 1. The Kier molecular flexibility index (Phi) is 3.00. The lowest BCUT2D eigenvalue weighted by Crippen LogP contribution is -2.27. The number of carbonyl (C=O) groups is 1. The fraction of sp³-hybridized carbons (Fsp3) is 0.889. The van der Waals surface area contributed by atoms with Crippen LogP contribution in [0, 0.1) is 0 Å². The zero-order valence-electron chi connectivity index (χ0n) is 7.85. The van der Waals surface area contributed by atoms with Gasteiger partial charge in [0.05, 0.1) is 19.1 Å². The largest absolute Gasteiger partial charge is 0.481 e. The molecule has 0 amide bonds. The first-order chi connectivity index (χ1) is 6.75. The standard InChI is InChI=1S/C9H14O5/c10-8(11)4-6-5-13-9(14-6)7-2-1-3-12-7/h6-7,9H,1-5H2,(H,10,11).